The van der Waals surface area contributed by atoms with Crippen LogP contribution in [0.25, 0.3) is 0 Å². The third kappa shape index (κ3) is 40.8. The molecule has 1 aliphatic heterocycles. The van der Waals surface area contributed by atoms with Crippen molar-refractivity contribution < 1.29 is 72.7 Å². The summed E-state index contributed by atoms with van der Waals surface area (Å²) in [4.78, 5) is 0. The number of hydrogen-bond donors (Lipinski definition) is 1. The molecule has 28 heavy (non-hydrogen) atoms. The maximum atomic E-state index is 8.62. The van der Waals surface area contributed by atoms with Crippen molar-refractivity contribution >= 4 is 0 Å². The predicted molar refractivity (Wildman–Crippen MR) is 84.5 cm³/mol. The highest BCUT2D eigenvalue weighted by Crippen LogP contribution is 1.86. The number of ether oxygens (including phenoxy) is 7. The second-order valence-corrected chi connectivity index (χ2v) is 7.06. The second-order valence-electron chi connectivity index (χ2n) is 4.90. The lowest BCUT2D eigenvalue weighted by Gasteiger charge is -2.09. The van der Waals surface area contributed by atoms with Gasteiger partial charge in [0.15, 0.2) is 0 Å². The maximum absolute atomic E-state index is 8.62. The Morgan fingerprint density at radius 1 is 0.607 bits per heavy atom. The minimum atomic E-state index is -5.94. The summed E-state index contributed by atoms with van der Waals surface area (Å²) in [6.07, 6.45) is 0. The molecular weight excluding hydrogens is 497 g/mol. The SMILES string of the molecule is C1COCCOCCOCCOCCOCCO1.COCC[NH3+].[O-][I+3]([O-])([O-])[O-]. The minimum Gasteiger partial charge on any atom is -0.379 e. The number of rotatable bonds is 2. The highest BCUT2D eigenvalue weighted by molar-refractivity contribution is 4.38. The molecule has 0 spiro atoms. The fraction of sp³-hybridized carbons (Fsp3) is 1.00. The molecule has 12 nitrogen and oxygen atoms in total. The Balaban J connectivity index is 0. The summed E-state index contributed by atoms with van der Waals surface area (Å²) >= 11 is -5.94. The zero-order valence-electron chi connectivity index (χ0n) is 16.5. The van der Waals surface area contributed by atoms with Gasteiger partial charge in [0.2, 0.25) is 0 Å². The van der Waals surface area contributed by atoms with Gasteiger partial charge in [-0.15, -0.1) is 0 Å². The molecular formula is C15H34INO11. The minimum absolute atomic E-state index is 0.586. The highest BCUT2D eigenvalue weighted by atomic mass is 127. The quantitative estimate of drug-likeness (QED) is 0.334. The van der Waals surface area contributed by atoms with Crippen LogP contribution in [0.15, 0.2) is 0 Å². The number of halogens is 1. The first-order valence-electron chi connectivity index (χ1n) is 8.78. The van der Waals surface area contributed by atoms with Crippen LogP contribution in [0.1, 0.15) is 0 Å². The van der Waals surface area contributed by atoms with Crippen molar-refractivity contribution in [3.63, 3.8) is 0 Å². The van der Waals surface area contributed by atoms with E-state index in [2.05, 4.69) is 10.5 Å². The summed E-state index contributed by atoms with van der Waals surface area (Å²) in [5.41, 5.74) is 3.55. The van der Waals surface area contributed by atoms with E-state index in [1.165, 1.54) is 0 Å². The topological polar surface area (TPSA) is 184 Å². The molecule has 0 aromatic heterocycles. The van der Waals surface area contributed by atoms with E-state index in [1.807, 2.05) is 0 Å². The molecule has 0 saturated carbocycles. The van der Waals surface area contributed by atoms with Gasteiger partial charge in [-0.25, -0.2) is 0 Å². The van der Waals surface area contributed by atoms with Gasteiger partial charge in [0.1, 0.15) is 20.1 Å². The molecule has 1 aliphatic rings. The molecule has 1 fully saturated rings. The first-order valence-corrected chi connectivity index (χ1v) is 12.3. The van der Waals surface area contributed by atoms with Crippen molar-refractivity contribution in [1.29, 1.82) is 0 Å². The molecule has 1 heterocycles. The van der Waals surface area contributed by atoms with E-state index >= 15 is 0 Å². The van der Waals surface area contributed by atoms with Gasteiger partial charge < -0.3 is 38.9 Å². The summed E-state index contributed by atoms with van der Waals surface area (Å²) in [7, 11) is 1.67. The molecule has 0 amide bonds. The Hall–Kier alpha value is 0.250. The van der Waals surface area contributed by atoms with Crippen molar-refractivity contribution in [2.75, 3.05) is 99.5 Å². The molecule has 0 bridgehead atoms. The summed E-state index contributed by atoms with van der Waals surface area (Å²) in [6, 6.07) is 0. The van der Waals surface area contributed by atoms with Crippen LogP contribution in [0.5, 0.6) is 0 Å². The second kappa shape index (κ2) is 25.3. The predicted octanol–water partition coefficient (Wildman–Crippen LogP) is -8.78. The van der Waals surface area contributed by atoms with Gasteiger partial charge in [0.05, 0.1) is 92.4 Å². The smallest absolute Gasteiger partial charge is 0.144 e. The molecule has 13 heteroatoms. The Labute approximate surface area is 172 Å². The average molecular weight is 531 g/mol. The standard InChI is InChI=1S/C12H24O6.C3H9NO.IO4/c1-2-14-5-6-16-9-10-18-12-11-17-8-7-15-4-3-13-1;1-5-3-2-4;2-1(3,4)5/h1-12H2;2-4H2,1H3;/q;;-1/p+1. The van der Waals surface area contributed by atoms with Gasteiger partial charge in [0.25, 0.3) is 0 Å². The lowest BCUT2D eigenvalue weighted by atomic mass is 10.6. The van der Waals surface area contributed by atoms with Crippen molar-refractivity contribution in [1.82, 2.24) is 0 Å². The van der Waals surface area contributed by atoms with Crippen LogP contribution in [-0.4, -0.2) is 99.5 Å². The van der Waals surface area contributed by atoms with Gasteiger partial charge in [-0.1, -0.05) is 0 Å². The van der Waals surface area contributed by atoms with Crippen molar-refractivity contribution in [2.45, 2.75) is 0 Å². The van der Waals surface area contributed by atoms with E-state index in [0.29, 0.717) is 79.3 Å². The Morgan fingerprint density at radius 2 is 0.786 bits per heavy atom. The van der Waals surface area contributed by atoms with Crippen LogP contribution in [0.3, 0.4) is 0 Å². The summed E-state index contributed by atoms with van der Waals surface area (Å²) < 4.78 is 71.1. The molecule has 0 unspecified atom stereocenters. The lowest BCUT2D eigenvalue weighted by molar-refractivity contribution is -2.00. The van der Waals surface area contributed by atoms with Crippen molar-refractivity contribution in [3.8, 4) is 0 Å². The van der Waals surface area contributed by atoms with Crippen LogP contribution < -0.4 is 39.6 Å². The van der Waals surface area contributed by atoms with Gasteiger partial charge in [-0.05, 0) is 0 Å². The number of methoxy groups -OCH3 is 1. The first-order chi connectivity index (χ1) is 13.4. The maximum Gasteiger partial charge on any atom is 0.144 e. The lowest BCUT2D eigenvalue weighted by Crippen LogP contribution is -4.29. The summed E-state index contributed by atoms with van der Waals surface area (Å²) in [5.74, 6) is 0. The molecule has 0 radical (unpaired) electrons. The largest absolute Gasteiger partial charge is 0.379 e. The van der Waals surface area contributed by atoms with Crippen molar-refractivity contribution in [2.24, 2.45) is 0 Å². The molecule has 172 valence electrons. The number of hydrogen-bond acceptors (Lipinski definition) is 11. The third-order valence-electron chi connectivity index (χ3n) is 2.58. The summed E-state index contributed by atoms with van der Waals surface area (Å²) in [5, 5.41) is 0. The van der Waals surface area contributed by atoms with E-state index in [4.69, 9.17) is 42.2 Å². The van der Waals surface area contributed by atoms with Gasteiger partial charge >= 0.3 is 0 Å². The third-order valence-corrected chi connectivity index (χ3v) is 2.58. The van der Waals surface area contributed by atoms with E-state index < -0.39 is 20.1 Å². The Bertz CT molecular complexity index is 202. The number of quaternary nitrogens is 1. The van der Waals surface area contributed by atoms with Gasteiger partial charge in [-0.3, -0.25) is 13.7 Å². The van der Waals surface area contributed by atoms with Gasteiger partial charge in [-0.2, -0.15) is 0 Å². The molecule has 0 atom stereocenters. The molecule has 0 aromatic rings. The van der Waals surface area contributed by atoms with E-state index in [-0.39, 0.29) is 0 Å². The molecule has 1 rings (SSSR count). The van der Waals surface area contributed by atoms with Crippen LogP contribution in [-0.2, 0) is 33.2 Å². The summed E-state index contributed by atoms with van der Waals surface area (Å²) in [6.45, 7) is 8.68. The van der Waals surface area contributed by atoms with E-state index in [0.717, 1.165) is 13.2 Å². The molecule has 1 saturated heterocycles. The van der Waals surface area contributed by atoms with Crippen LogP contribution in [0, 0.1) is 0 Å². The fourth-order valence-corrected chi connectivity index (χ4v) is 1.46. The van der Waals surface area contributed by atoms with E-state index in [1.54, 1.807) is 7.11 Å². The van der Waals surface area contributed by atoms with Crippen molar-refractivity contribution in [3.05, 3.63) is 0 Å². The molecule has 0 aromatic carbocycles. The first kappa shape index (κ1) is 30.4. The Morgan fingerprint density at radius 3 is 0.857 bits per heavy atom. The van der Waals surface area contributed by atoms with Crippen LogP contribution >= 0.6 is 0 Å². The zero-order chi connectivity index (χ0) is 21.3. The highest BCUT2D eigenvalue weighted by Gasteiger charge is 1.96. The average Bonchev–Trinajstić information content (AvgIpc) is 2.62. The molecule has 3 N–H and O–H groups in total. The van der Waals surface area contributed by atoms with Crippen LogP contribution in [0.2, 0.25) is 0 Å². The van der Waals surface area contributed by atoms with Crippen LogP contribution in [0.4, 0.5) is 0 Å². The van der Waals surface area contributed by atoms with Gasteiger partial charge in [0, 0.05) is 7.11 Å². The normalized spacial score (nSPS) is 19.1. The zero-order valence-corrected chi connectivity index (χ0v) is 18.6. The Kier molecular flexibility index (Phi) is 27.5. The fourth-order valence-electron chi connectivity index (χ4n) is 1.46. The monoisotopic (exact) mass is 531 g/mol. The van der Waals surface area contributed by atoms with E-state index in [9.17, 15) is 0 Å². The molecule has 0 aliphatic carbocycles.